The van der Waals surface area contributed by atoms with E-state index in [0.29, 0.717) is 12.8 Å². The molecule has 0 aromatic carbocycles. The van der Waals surface area contributed by atoms with Gasteiger partial charge < -0.3 is 14.2 Å². The number of allylic oxidation sites excluding steroid dienone is 17. The molecule has 0 spiro atoms. The van der Waals surface area contributed by atoms with Gasteiger partial charge in [0.15, 0.2) is 6.10 Å². The minimum absolute atomic E-state index is 0.107. The molecule has 0 radical (unpaired) electrons. The highest BCUT2D eigenvalue weighted by Gasteiger charge is 2.19. The van der Waals surface area contributed by atoms with E-state index in [2.05, 4.69) is 118 Å². The number of ether oxygens (including phenoxy) is 3. The number of unbranched alkanes of at least 4 members (excludes halogenated alkanes) is 35. The van der Waals surface area contributed by atoms with Crippen LogP contribution in [0.15, 0.2) is 109 Å². The number of esters is 3. The second-order valence-electron chi connectivity index (χ2n) is 23.1. The highest BCUT2D eigenvalue weighted by atomic mass is 16.6. The van der Waals surface area contributed by atoms with Gasteiger partial charge in [-0.05, 0) is 83.5 Å². The van der Waals surface area contributed by atoms with Crippen molar-refractivity contribution < 1.29 is 28.6 Å². The Morgan fingerprint density at radius 2 is 0.524 bits per heavy atom. The summed E-state index contributed by atoms with van der Waals surface area (Å²) in [6, 6.07) is 0. The molecule has 0 saturated carbocycles. The average Bonchev–Trinajstić information content (AvgIpc) is 3.48. The van der Waals surface area contributed by atoms with Crippen LogP contribution < -0.4 is 0 Å². The lowest BCUT2D eigenvalue weighted by atomic mass is 10.0. The molecule has 6 heteroatoms. The van der Waals surface area contributed by atoms with Gasteiger partial charge in [-0.15, -0.1) is 0 Å². The largest absolute Gasteiger partial charge is 0.462 e. The molecule has 6 nitrogen and oxygen atoms in total. The van der Waals surface area contributed by atoms with Crippen molar-refractivity contribution in [3.8, 4) is 0 Å². The van der Waals surface area contributed by atoms with E-state index in [1.54, 1.807) is 6.08 Å². The molecule has 0 heterocycles. The fourth-order valence-electron chi connectivity index (χ4n) is 9.92. The molecule has 0 rings (SSSR count). The van der Waals surface area contributed by atoms with Crippen LogP contribution in [0.3, 0.4) is 0 Å². The molecule has 0 saturated heterocycles. The lowest BCUT2D eigenvalue weighted by Crippen LogP contribution is -2.30. The zero-order valence-corrected chi connectivity index (χ0v) is 54.0. The van der Waals surface area contributed by atoms with Gasteiger partial charge in [0.25, 0.3) is 0 Å². The fourth-order valence-corrected chi connectivity index (χ4v) is 9.92. The Bertz CT molecular complexity index is 1640. The van der Waals surface area contributed by atoms with Crippen LogP contribution >= 0.6 is 0 Å². The second kappa shape index (κ2) is 69.6. The Balaban J connectivity index is 4.36. The van der Waals surface area contributed by atoms with Crippen LogP contribution in [0.5, 0.6) is 0 Å². The maximum atomic E-state index is 13.0. The van der Waals surface area contributed by atoms with E-state index in [0.717, 1.165) is 96.3 Å². The van der Waals surface area contributed by atoms with Crippen molar-refractivity contribution in [3.05, 3.63) is 109 Å². The molecule has 0 N–H and O–H groups in total. The van der Waals surface area contributed by atoms with Crippen LogP contribution in [0, 0.1) is 0 Å². The standard InChI is InChI=1S/C76H130O6/c1-4-7-10-13-16-19-22-25-28-30-32-34-36-38-40-41-43-45-48-51-54-57-60-63-66-69-75(78)81-72-73(71-80-74(77)68-65-62-59-56-53-50-47-27-24-21-18-15-12-9-6-3)82-76(79)70-67-64-61-58-55-52-49-46-44-42-39-37-35-33-31-29-26-23-20-17-14-11-8-5-2/h7,9-10,12,16,18-19,21,25,27-28,32,34,47,53,56,62,65,73H,4-6,8,11,13-15,17,20,22-24,26,29-31,33,35-46,48-52,54-55,57-61,63-64,66-72H2,1-3H3/b10-7-,12-9-,19-16-,21-18-,28-25-,34-32-,47-27-,56-53-,65-62-. The van der Waals surface area contributed by atoms with Crippen molar-refractivity contribution in [2.24, 2.45) is 0 Å². The maximum absolute atomic E-state index is 13.0. The molecule has 0 fully saturated rings. The van der Waals surface area contributed by atoms with Crippen molar-refractivity contribution in [2.75, 3.05) is 13.2 Å². The fraction of sp³-hybridized carbons (Fsp3) is 0.724. The monoisotopic (exact) mass is 1140 g/mol. The van der Waals surface area contributed by atoms with Crippen LogP contribution in [-0.4, -0.2) is 37.2 Å². The van der Waals surface area contributed by atoms with Crippen molar-refractivity contribution in [1.29, 1.82) is 0 Å². The molecule has 1 atom stereocenters. The molecular weight excluding hydrogens is 1010 g/mol. The zero-order chi connectivity index (χ0) is 59.2. The van der Waals surface area contributed by atoms with Crippen LogP contribution in [0.25, 0.3) is 0 Å². The molecule has 82 heavy (non-hydrogen) atoms. The van der Waals surface area contributed by atoms with E-state index in [1.807, 2.05) is 6.08 Å². The third kappa shape index (κ3) is 66.9. The first-order valence-electron chi connectivity index (χ1n) is 34.9. The first-order valence-corrected chi connectivity index (χ1v) is 34.9. The van der Waals surface area contributed by atoms with Gasteiger partial charge in [-0.2, -0.15) is 0 Å². The van der Waals surface area contributed by atoms with Crippen LogP contribution in [0.4, 0.5) is 0 Å². The summed E-state index contributed by atoms with van der Waals surface area (Å²) in [4.78, 5) is 38.4. The van der Waals surface area contributed by atoms with Crippen LogP contribution in [0.2, 0.25) is 0 Å². The molecule has 0 amide bonds. The molecule has 1 unspecified atom stereocenters. The number of rotatable bonds is 63. The van der Waals surface area contributed by atoms with Gasteiger partial charge in [0.2, 0.25) is 0 Å². The van der Waals surface area contributed by atoms with Crippen molar-refractivity contribution >= 4 is 17.9 Å². The minimum Gasteiger partial charge on any atom is -0.462 e. The Hall–Kier alpha value is -3.93. The summed E-state index contributed by atoms with van der Waals surface area (Å²) < 4.78 is 16.9. The summed E-state index contributed by atoms with van der Waals surface area (Å²) >= 11 is 0. The summed E-state index contributed by atoms with van der Waals surface area (Å²) in [6.45, 7) is 6.37. The third-order valence-corrected chi connectivity index (χ3v) is 15.1. The summed E-state index contributed by atoms with van der Waals surface area (Å²) in [5, 5.41) is 0. The summed E-state index contributed by atoms with van der Waals surface area (Å²) in [5.74, 6) is -1.03. The lowest BCUT2D eigenvalue weighted by Gasteiger charge is -2.18. The molecular formula is C76H130O6. The van der Waals surface area contributed by atoms with Crippen LogP contribution in [0.1, 0.15) is 335 Å². The Kier molecular flexibility index (Phi) is 66.2. The predicted molar refractivity (Wildman–Crippen MR) is 357 cm³/mol. The minimum atomic E-state index is -0.820. The Morgan fingerprint density at radius 3 is 0.854 bits per heavy atom. The van der Waals surface area contributed by atoms with Crippen molar-refractivity contribution in [1.82, 2.24) is 0 Å². The van der Waals surface area contributed by atoms with E-state index in [9.17, 15) is 14.4 Å². The van der Waals surface area contributed by atoms with Gasteiger partial charge in [0.05, 0.1) is 6.42 Å². The van der Waals surface area contributed by atoms with E-state index < -0.39 is 12.1 Å². The topological polar surface area (TPSA) is 78.9 Å². The summed E-state index contributed by atoms with van der Waals surface area (Å²) in [6.07, 6.45) is 95.7. The van der Waals surface area contributed by atoms with E-state index in [4.69, 9.17) is 14.2 Å². The first kappa shape index (κ1) is 78.1. The molecule has 0 aliphatic rings. The van der Waals surface area contributed by atoms with E-state index >= 15 is 0 Å². The van der Waals surface area contributed by atoms with Gasteiger partial charge in [0, 0.05) is 12.8 Å². The number of carbonyl (C=O) groups excluding carboxylic acids is 3. The van der Waals surface area contributed by atoms with Crippen molar-refractivity contribution in [2.45, 2.75) is 341 Å². The SMILES string of the molecule is CC/C=C\C/C=C\C/C=C\C/C=C\C/C=C\CC(=O)OCC(COC(=O)CCCCCCCCCCCCCC/C=C\C/C=C\C/C=C\C/C=C\CC)OC(=O)CCCCCCCCCCCCCCCCCCCCCCCCCC. The van der Waals surface area contributed by atoms with E-state index in [-0.39, 0.29) is 31.6 Å². The second-order valence-corrected chi connectivity index (χ2v) is 23.1. The Morgan fingerprint density at radius 1 is 0.268 bits per heavy atom. The number of carbonyl (C=O) groups is 3. The zero-order valence-electron chi connectivity index (χ0n) is 54.0. The normalized spacial score (nSPS) is 12.8. The summed E-state index contributed by atoms with van der Waals surface area (Å²) in [7, 11) is 0. The van der Waals surface area contributed by atoms with Gasteiger partial charge in [-0.25, -0.2) is 0 Å². The number of hydrogen-bond acceptors (Lipinski definition) is 6. The molecule has 0 aliphatic heterocycles. The smallest absolute Gasteiger partial charge is 0.309 e. The van der Waals surface area contributed by atoms with Gasteiger partial charge in [-0.3, -0.25) is 14.4 Å². The molecule has 0 aromatic rings. The molecule has 0 bridgehead atoms. The first-order chi connectivity index (χ1) is 40.5. The number of hydrogen-bond donors (Lipinski definition) is 0. The molecule has 0 aromatic heterocycles. The predicted octanol–water partition coefficient (Wildman–Crippen LogP) is 24.2. The lowest BCUT2D eigenvalue weighted by molar-refractivity contribution is -0.166. The quantitative estimate of drug-likeness (QED) is 0.0261. The van der Waals surface area contributed by atoms with Crippen molar-refractivity contribution in [3.63, 3.8) is 0 Å². The van der Waals surface area contributed by atoms with Crippen LogP contribution in [-0.2, 0) is 28.6 Å². The third-order valence-electron chi connectivity index (χ3n) is 15.1. The van der Waals surface area contributed by atoms with Gasteiger partial charge in [0.1, 0.15) is 13.2 Å². The Labute approximate surface area is 508 Å². The average molecular weight is 1140 g/mol. The molecule has 470 valence electrons. The van der Waals surface area contributed by atoms with E-state index in [1.165, 1.54) is 199 Å². The summed E-state index contributed by atoms with van der Waals surface area (Å²) in [5.41, 5.74) is 0. The molecule has 0 aliphatic carbocycles. The highest BCUT2D eigenvalue weighted by Crippen LogP contribution is 2.18. The maximum Gasteiger partial charge on any atom is 0.309 e. The van der Waals surface area contributed by atoms with Gasteiger partial charge in [-0.1, -0.05) is 342 Å². The van der Waals surface area contributed by atoms with Gasteiger partial charge >= 0.3 is 17.9 Å². The highest BCUT2D eigenvalue weighted by molar-refractivity contribution is 5.72.